The molecule has 1 heterocycles. The van der Waals surface area contributed by atoms with Crippen molar-refractivity contribution >= 4 is 17.3 Å². The first-order valence-corrected chi connectivity index (χ1v) is 5.96. The van der Waals surface area contributed by atoms with E-state index in [1.165, 1.54) is 12.1 Å². The van der Waals surface area contributed by atoms with Gasteiger partial charge in [0.2, 0.25) is 5.91 Å². The summed E-state index contributed by atoms with van der Waals surface area (Å²) < 4.78 is 13.4. The summed E-state index contributed by atoms with van der Waals surface area (Å²) >= 11 is 0. The topological polar surface area (TPSA) is 89.5 Å². The number of primary amides is 1. The Kier molecular flexibility index (Phi) is 3.64. The maximum Gasteiger partial charge on any atom is 0.274 e. The zero-order chi connectivity index (χ0) is 14.0. The van der Waals surface area contributed by atoms with E-state index in [-0.39, 0.29) is 11.6 Å². The third-order valence-corrected chi connectivity index (χ3v) is 3.27. The van der Waals surface area contributed by atoms with E-state index in [1.807, 2.05) is 0 Å². The van der Waals surface area contributed by atoms with Gasteiger partial charge in [-0.05, 0) is 18.9 Å². The molecule has 1 aliphatic rings. The monoisotopic (exact) mass is 267 g/mol. The first kappa shape index (κ1) is 13.3. The zero-order valence-electron chi connectivity index (χ0n) is 10.2. The number of halogens is 1. The number of carbonyl (C=O) groups is 1. The number of carbonyl (C=O) groups excluding carboxylic acids is 1. The Labute approximate surface area is 109 Å². The highest BCUT2D eigenvalue weighted by molar-refractivity contribution is 5.77. The van der Waals surface area contributed by atoms with E-state index >= 15 is 0 Å². The van der Waals surface area contributed by atoms with E-state index in [4.69, 9.17) is 5.73 Å². The van der Waals surface area contributed by atoms with Crippen LogP contribution in [0.5, 0.6) is 0 Å². The largest absolute Gasteiger partial charge is 0.370 e. The fraction of sp³-hybridized carbons (Fsp3) is 0.417. The molecular weight excluding hydrogens is 253 g/mol. The van der Waals surface area contributed by atoms with Gasteiger partial charge in [0.25, 0.3) is 5.69 Å². The minimum Gasteiger partial charge on any atom is -0.370 e. The van der Waals surface area contributed by atoms with Gasteiger partial charge in [-0.25, -0.2) is 4.39 Å². The zero-order valence-corrected chi connectivity index (χ0v) is 10.2. The normalized spacial score (nSPS) is 19.2. The predicted molar refractivity (Wildman–Crippen MR) is 67.2 cm³/mol. The number of hydrogen-bond donors (Lipinski definition) is 1. The predicted octanol–water partition coefficient (Wildman–Crippen LogP) is 1.44. The molecule has 1 fully saturated rings. The van der Waals surface area contributed by atoms with Crippen molar-refractivity contribution in [2.24, 2.45) is 11.7 Å². The number of benzene rings is 1. The molecule has 0 radical (unpaired) electrons. The van der Waals surface area contributed by atoms with Gasteiger partial charge in [0.05, 0.1) is 16.9 Å². The molecule has 0 aromatic heterocycles. The van der Waals surface area contributed by atoms with Gasteiger partial charge in [-0.3, -0.25) is 14.9 Å². The van der Waals surface area contributed by atoms with Gasteiger partial charge >= 0.3 is 0 Å². The molecule has 1 atom stereocenters. The molecule has 19 heavy (non-hydrogen) atoms. The lowest BCUT2D eigenvalue weighted by Crippen LogP contribution is -2.41. The van der Waals surface area contributed by atoms with E-state index in [9.17, 15) is 19.3 Å². The first-order valence-electron chi connectivity index (χ1n) is 5.96. The summed E-state index contributed by atoms with van der Waals surface area (Å²) in [7, 11) is 0. The van der Waals surface area contributed by atoms with Crippen LogP contribution in [0, 0.1) is 21.8 Å². The minimum atomic E-state index is -0.662. The van der Waals surface area contributed by atoms with Crippen LogP contribution in [0.2, 0.25) is 0 Å². The number of nitrogens with zero attached hydrogens (tertiary/aromatic N) is 2. The maximum atomic E-state index is 13.4. The fourth-order valence-corrected chi connectivity index (χ4v) is 2.29. The lowest BCUT2D eigenvalue weighted by molar-refractivity contribution is -0.385. The molecule has 1 aliphatic heterocycles. The van der Waals surface area contributed by atoms with Gasteiger partial charge in [-0.1, -0.05) is 0 Å². The van der Waals surface area contributed by atoms with Crippen LogP contribution >= 0.6 is 0 Å². The summed E-state index contributed by atoms with van der Waals surface area (Å²) in [5, 5.41) is 10.7. The van der Waals surface area contributed by atoms with Crippen LogP contribution in [0.1, 0.15) is 12.8 Å². The highest BCUT2D eigenvalue weighted by Crippen LogP contribution is 2.27. The number of hydrogen-bond acceptors (Lipinski definition) is 4. The number of piperidine rings is 1. The van der Waals surface area contributed by atoms with E-state index < -0.39 is 16.6 Å². The third kappa shape index (κ3) is 2.98. The van der Waals surface area contributed by atoms with Crippen molar-refractivity contribution in [3.05, 3.63) is 34.1 Å². The van der Waals surface area contributed by atoms with E-state index in [0.29, 0.717) is 25.2 Å². The van der Waals surface area contributed by atoms with Gasteiger partial charge in [0.15, 0.2) is 0 Å². The van der Waals surface area contributed by atoms with Crippen LogP contribution in [-0.2, 0) is 4.79 Å². The molecule has 0 saturated carbocycles. The van der Waals surface area contributed by atoms with Gasteiger partial charge in [0.1, 0.15) is 5.82 Å². The average molecular weight is 267 g/mol. The quantitative estimate of drug-likeness (QED) is 0.662. The summed E-state index contributed by atoms with van der Waals surface area (Å²) in [6.07, 6.45) is 1.45. The van der Waals surface area contributed by atoms with Crippen LogP contribution in [0.25, 0.3) is 0 Å². The van der Waals surface area contributed by atoms with Crippen molar-refractivity contribution in [1.29, 1.82) is 0 Å². The highest BCUT2D eigenvalue weighted by atomic mass is 19.1. The van der Waals surface area contributed by atoms with Crippen molar-refractivity contribution in [1.82, 2.24) is 0 Å². The Morgan fingerprint density at radius 3 is 2.84 bits per heavy atom. The average Bonchev–Trinajstić information content (AvgIpc) is 2.38. The number of rotatable bonds is 3. The second-order valence-electron chi connectivity index (χ2n) is 4.61. The van der Waals surface area contributed by atoms with Crippen LogP contribution in [0.15, 0.2) is 18.2 Å². The summed E-state index contributed by atoms with van der Waals surface area (Å²) in [4.78, 5) is 23.0. The molecule has 2 rings (SSSR count). The number of nitro groups is 1. The molecule has 1 aromatic carbocycles. The molecule has 102 valence electrons. The standard InChI is InChI=1S/C12H14FN3O3/c13-9-4-10(6-11(5-9)16(18)19)15-3-1-2-8(7-15)12(14)17/h4-6,8H,1-3,7H2,(H2,14,17). The smallest absolute Gasteiger partial charge is 0.274 e. The summed E-state index contributed by atoms with van der Waals surface area (Å²) in [5.41, 5.74) is 5.39. The van der Waals surface area contributed by atoms with Gasteiger partial charge < -0.3 is 10.6 Å². The molecule has 0 aliphatic carbocycles. The molecule has 1 saturated heterocycles. The van der Waals surface area contributed by atoms with Crippen LogP contribution in [-0.4, -0.2) is 23.9 Å². The van der Waals surface area contributed by atoms with Crippen molar-refractivity contribution < 1.29 is 14.1 Å². The lowest BCUT2D eigenvalue weighted by atomic mass is 9.97. The van der Waals surface area contributed by atoms with Crippen molar-refractivity contribution in [3.63, 3.8) is 0 Å². The van der Waals surface area contributed by atoms with Crippen molar-refractivity contribution in [2.75, 3.05) is 18.0 Å². The van der Waals surface area contributed by atoms with Crippen LogP contribution < -0.4 is 10.6 Å². The van der Waals surface area contributed by atoms with E-state index in [2.05, 4.69) is 0 Å². The van der Waals surface area contributed by atoms with Crippen molar-refractivity contribution in [3.8, 4) is 0 Å². The molecule has 0 spiro atoms. The van der Waals surface area contributed by atoms with E-state index in [0.717, 1.165) is 12.5 Å². The number of nitrogens with two attached hydrogens (primary N) is 1. The molecule has 2 N–H and O–H groups in total. The van der Waals surface area contributed by atoms with Gasteiger partial charge in [-0.15, -0.1) is 0 Å². The highest BCUT2D eigenvalue weighted by Gasteiger charge is 2.25. The SMILES string of the molecule is NC(=O)C1CCCN(c2cc(F)cc([N+](=O)[O-])c2)C1. The molecule has 1 amide bonds. The molecule has 7 heteroatoms. The van der Waals surface area contributed by atoms with Crippen LogP contribution in [0.4, 0.5) is 15.8 Å². The molecule has 1 unspecified atom stereocenters. The Bertz CT molecular complexity index is 521. The number of anilines is 1. The van der Waals surface area contributed by atoms with Gasteiger partial charge in [0, 0.05) is 24.8 Å². The lowest BCUT2D eigenvalue weighted by Gasteiger charge is -2.32. The number of nitro benzene ring substituents is 1. The Morgan fingerprint density at radius 1 is 1.47 bits per heavy atom. The number of amides is 1. The summed E-state index contributed by atoms with van der Waals surface area (Å²) in [5.74, 6) is -1.35. The number of non-ortho nitro benzene ring substituents is 1. The fourth-order valence-electron chi connectivity index (χ4n) is 2.29. The summed E-state index contributed by atoms with van der Waals surface area (Å²) in [6, 6.07) is 3.42. The maximum absolute atomic E-state index is 13.4. The second-order valence-corrected chi connectivity index (χ2v) is 4.61. The minimum absolute atomic E-state index is 0.295. The first-order chi connectivity index (χ1) is 8.97. The van der Waals surface area contributed by atoms with Crippen molar-refractivity contribution in [2.45, 2.75) is 12.8 Å². The third-order valence-electron chi connectivity index (χ3n) is 3.27. The molecule has 1 aromatic rings. The second kappa shape index (κ2) is 5.21. The molecule has 0 bridgehead atoms. The molecule has 6 nitrogen and oxygen atoms in total. The van der Waals surface area contributed by atoms with Crippen LogP contribution in [0.3, 0.4) is 0 Å². The molecular formula is C12H14FN3O3. The Morgan fingerprint density at radius 2 is 2.21 bits per heavy atom. The Balaban J connectivity index is 2.26. The van der Waals surface area contributed by atoms with E-state index in [1.54, 1.807) is 4.90 Å². The summed E-state index contributed by atoms with van der Waals surface area (Å²) in [6.45, 7) is 1.00. The van der Waals surface area contributed by atoms with Gasteiger partial charge in [-0.2, -0.15) is 0 Å². The Hall–Kier alpha value is -2.18.